The molecule has 0 atom stereocenters. The molecule has 21 heavy (non-hydrogen) atoms. The van der Waals surface area contributed by atoms with E-state index in [0.717, 1.165) is 5.56 Å². The van der Waals surface area contributed by atoms with Crippen molar-refractivity contribution in [1.29, 1.82) is 5.26 Å². The monoisotopic (exact) mass is 305 g/mol. The number of nitrogens with zero attached hydrogens (tertiary/aromatic N) is 1. The number of hydrogen-bond acceptors (Lipinski definition) is 3. The first kappa shape index (κ1) is 15.1. The van der Waals surface area contributed by atoms with E-state index in [1.807, 2.05) is 0 Å². The van der Waals surface area contributed by atoms with Crippen LogP contribution in [0.1, 0.15) is 16.7 Å². The van der Waals surface area contributed by atoms with E-state index >= 15 is 0 Å². The number of rotatable bonds is 5. The molecule has 0 radical (unpaired) electrons. The molecule has 0 N–H and O–H groups in total. The second-order valence-corrected chi connectivity index (χ2v) is 4.55. The molecule has 0 saturated heterocycles. The predicted molar refractivity (Wildman–Crippen MR) is 78.0 cm³/mol. The Morgan fingerprint density at radius 1 is 1.24 bits per heavy atom. The largest absolute Gasteiger partial charge is 0.497 e. The molecule has 2 aromatic rings. The molecule has 0 aromatic heterocycles. The fraction of sp³-hybridized carbons (Fsp3) is 0.188. The lowest BCUT2D eigenvalue weighted by Gasteiger charge is -2.12. The van der Waals surface area contributed by atoms with Gasteiger partial charge in [-0.1, -0.05) is 18.2 Å². The fourth-order valence-electron chi connectivity index (χ4n) is 1.84. The van der Waals surface area contributed by atoms with Crippen molar-refractivity contribution in [3.63, 3.8) is 0 Å². The molecule has 0 fully saturated rings. The van der Waals surface area contributed by atoms with E-state index in [-0.39, 0.29) is 18.1 Å². The highest BCUT2D eigenvalue weighted by molar-refractivity contribution is 6.17. The summed E-state index contributed by atoms with van der Waals surface area (Å²) >= 11 is 5.85. The Morgan fingerprint density at radius 2 is 2.05 bits per heavy atom. The molecule has 0 saturated carbocycles. The van der Waals surface area contributed by atoms with Gasteiger partial charge in [0.2, 0.25) is 0 Å². The third-order valence-corrected chi connectivity index (χ3v) is 3.29. The molecule has 5 heteroatoms. The fourth-order valence-corrected chi connectivity index (χ4v) is 2.06. The van der Waals surface area contributed by atoms with Crippen LogP contribution in [0.4, 0.5) is 4.39 Å². The summed E-state index contributed by atoms with van der Waals surface area (Å²) in [5.41, 5.74) is 1.10. The first-order valence-corrected chi connectivity index (χ1v) is 6.76. The van der Waals surface area contributed by atoms with Crippen molar-refractivity contribution < 1.29 is 13.9 Å². The summed E-state index contributed by atoms with van der Waals surface area (Å²) < 4.78 is 24.7. The summed E-state index contributed by atoms with van der Waals surface area (Å²) in [6, 6.07) is 11.7. The lowest BCUT2D eigenvalue weighted by molar-refractivity contribution is 0.295. The average molecular weight is 306 g/mol. The minimum atomic E-state index is -0.560. The lowest BCUT2D eigenvalue weighted by Crippen LogP contribution is -2.02. The lowest BCUT2D eigenvalue weighted by atomic mass is 10.1. The molecule has 0 spiro atoms. The second-order valence-electron chi connectivity index (χ2n) is 4.29. The summed E-state index contributed by atoms with van der Waals surface area (Å²) in [6.07, 6.45) is 0. The first-order chi connectivity index (χ1) is 10.2. The van der Waals surface area contributed by atoms with Crippen LogP contribution in [0, 0.1) is 17.1 Å². The molecule has 2 aromatic carbocycles. The van der Waals surface area contributed by atoms with Gasteiger partial charge < -0.3 is 9.47 Å². The molecule has 0 bridgehead atoms. The quantitative estimate of drug-likeness (QED) is 0.783. The molecule has 108 valence electrons. The molecular weight excluding hydrogens is 293 g/mol. The Labute approximate surface area is 127 Å². The topological polar surface area (TPSA) is 42.2 Å². The Morgan fingerprint density at radius 3 is 2.71 bits per heavy atom. The standard InChI is InChI=1S/C16H13ClFNO2/c1-20-14-6-5-11(8-17)15(7-14)21-10-13-4-2-3-12(9-19)16(13)18/h2-7H,8,10H2,1H3. The van der Waals surface area contributed by atoms with Crippen molar-refractivity contribution in [1.82, 2.24) is 0 Å². The SMILES string of the molecule is COc1ccc(CCl)c(OCc2cccc(C#N)c2F)c1. The summed E-state index contributed by atoms with van der Waals surface area (Å²) in [6.45, 7) is 0.0123. The third kappa shape index (κ3) is 3.45. The van der Waals surface area contributed by atoms with Gasteiger partial charge in [0.1, 0.15) is 30.0 Å². The van der Waals surface area contributed by atoms with Gasteiger partial charge in [0.25, 0.3) is 0 Å². The van der Waals surface area contributed by atoms with Gasteiger partial charge in [-0.15, -0.1) is 11.6 Å². The van der Waals surface area contributed by atoms with Crippen molar-refractivity contribution in [2.45, 2.75) is 12.5 Å². The van der Waals surface area contributed by atoms with Gasteiger partial charge >= 0.3 is 0 Å². The summed E-state index contributed by atoms with van der Waals surface area (Å²) in [4.78, 5) is 0. The van der Waals surface area contributed by atoms with E-state index in [1.165, 1.54) is 6.07 Å². The van der Waals surface area contributed by atoms with Crippen molar-refractivity contribution >= 4 is 11.6 Å². The molecule has 0 aliphatic rings. The number of hydrogen-bond donors (Lipinski definition) is 0. The Bertz CT molecular complexity index is 682. The molecule has 0 amide bonds. The number of methoxy groups -OCH3 is 1. The Kier molecular flexibility index (Phi) is 5.02. The number of nitriles is 1. The summed E-state index contributed by atoms with van der Waals surface area (Å²) in [5.74, 6) is 0.881. The van der Waals surface area contributed by atoms with E-state index in [0.29, 0.717) is 17.1 Å². The summed E-state index contributed by atoms with van der Waals surface area (Å²) in [5, 5.41) is 8.81. The van der Waals surface area contributed by atoms with Crippen LogP contribution >= 0.6 is 11.6 Å². The van der Waals surface area contributed by atoms with Crippen LogP contribution in [0.15, 0.2) is 36.4 Å². The van der Waals surface area contributed by atoms with Gasteiger partial charge in [-0.25, -0.2) is 4.39 Å². The Balaban J connectivity index is 2.22. The van der Waals surface area contributed by atoms with Crippen molar-refractivity contribution in [3.05, 3.63) is 58.9 Å². The third-order valence-electron chi connectivity index (χ3n) is 3.00. The van der Waals surface area contributed by atoms with Crippen molar-refractivity contribution in [3.8, 4) is 17.6 Å². The molecule has 0 heterocycles. The van der Waals surface area contributed by atoms with Crippen LogP contribution in [-0.2, 0) is 12.5 Å². The van der Waals surface area contributed by atoms with Crippen LogP contribution in [0.5, 0.6) is 11.5 Å². The molecule has 0 aliphatic carbocycles. The normalized spacial score (nSPS) is 10.0. The van der Waals surface area contributed by atoms with Crippen LogP contribution in [-0.4, -0.2) is 7.11 Å². The van der Waals surface area contributed by atoms with Crippen LogP contribution in [0.3, 0.4) is 0 Å². The maximum Gasteiger partial charge on any atom is 0.147 e. The summed E-state index contributed by atoms with van der Waals surface area (Å²) in [7, 11) is 1.55. The zero-order valence-electron chi connectivity index (χ0n) is 11.4. The molecule has 3 nitrogen and oxygen atoms in total. The predicted octanol–water partition coefficient (Wildman–Crippen LogP) is 4.02. The second kappa shape index (κ2) is 6.96. The number of benzene rings is 2. The van der Waals surface area contributed by atoms with E-state index in [4.69, 9.17) is 26.3 Å². The van der Waals surface area contributed by atoms with Gasteiger partial charge in [0, 0.05) is 17.2 Å². The van der Waals surface area contributed by atoms with Gasteiger partial charge in [0.05, 0.1) is 18.6 Å². The smallest absolute Gasteiger partial charge is 0.147 e. The van der Waals surface area contributed by atoms with Gasteiger partial charge in [0.15, 0.2) is 0 Å². The molecule has 0 unspecified atom stereocenters. The van der Waals surface area contributed by atoms with E-state index < -0.39 is 5.82 Å². The maximum absolute atomic E-state index is 14.0. The van der Waals surface area contributed by atoms with Crippen LogP contribution < -0.4 is 9.47 Å². The number of halogens is 2. The van der Waals surface area contributed by atoms with Gasteiger partial charge in [-0.3, -0.25) is 0 Å². The van der Waals surface area contributed by atoms with Crippen LogP contribution in [0.2, 0.25) is 0 Å². The van der Waals surface area contributed by atoms with E-state index in [2.05, 4.69) is 0 Å². The van der Waals surface area contributed by atoms with Gasteiger partial charge in [-0.05, 0) is 12.1 Å². The highest BCUT2D eigenvalue weighted by atomic mass is 35.5. The maximum atomic E-state index is 14.0. The molecule has 2 rings (SSSR count). The van der Waals surface area contributed by atoms with E-state index in [9.17, 15) is 4.39 Å². The number of alkyl halides is 1. The average Bonchev–Trinajstić information content (AvgIpc) is 2.53. The van der Waals surface area contributed by atoms with Gasteiger partial charge in [-0.2, -0.15) is 5.26 Å². The van der Waals surface area contributed by atoms with E-state index in [1.54, 1.807) is 43.5 Å². The van der Waals surface area contributed by atoms with Crippen molar-refractivity contribution in [2.75, 3.05) is 7.11 Å². The van der Waals surface area contributed by atoms with Crippen LogP contribution in [0.25, 0.3) is 0 Å². The van der Waals surface area contributed by atoms with Crippen molar-refractivity contribution in [2.24, 2.45) is 0 Å². The molecule has 0 aliphatic heterocycles. The minimum Gasteiger partial charge on any atom is -0.497 e. The molecular formula is C16H13ClFNO2. The zero-order chi connectivity index (χ0) is 15.2. The first-order valence-electron chi connectivity index (χ1n) is 6.22. The highest BCUT2D eigenvalue weighted by Crippen LogP contribution is 2.27. The number of ether oxygens (including phenoxy) is 2. The zero-order valence-corrected chi connectivity index (χ0v) is 12.2. The Hall–Kier alpha value is -2.25. The minimum absolute atomic E-state index is 0.000640. The highest BCUT2D eigenvalue weighted by Gasteiger charge is 2.10.